The third-order valence-corrected chi connectivity index (χ3v) is 6.86. The molecule has 194 valence electrons. The van der Waals surface area contributed by atoms with Gasteiger partial charge >= 0.3 is 16.9 Å². The van der Waals surface area contributed by atoms with Crippen molar-refractivity contribution in [2.24, 2.45) is 0 Å². The third-order valence-electron chi connectivity index (χ3n) is 6.86. The van der Waals surface area contributed by atoms with E-state index in [2.05, 4.69) is 5.10 Å². The van der Waals surface area contributed by atoms with E-state index in [4.69, 9.17) is 0 Å². The van der Waals surface area contributed by atoms with Crippen LogP contribution >= 0.6 is 0 Å². The summed E-state index contributed by atoms with van der Waals surface area (Å²) >= 11 is 0. The minimum Gasteiger partial charge on any atom is -0.287 e. The topological polar surface area (TPSA) is 105 Å². The molecule has 0 radical (unpaired) electrons. The van der Waals surface area contributed by atoms with Crippen LogP contribution in [0.3, 0.4) is 0 Å². The normalized spacial score (nSPS) is 13.6. The van der Waals surface area contributed by atoms with Crippen molar-refractivity contribution in [3.8, 4) is 0 Å². The van der Waals surface area contributed by atoms with Gasteiger partial charge in [0.1, 0.15) is 11.5 Å². The predicted octanol–water partition coefficient (Wildman–Crippen LogP) is 4.44. The van der Waals surface area contributed by atoms with Crippen molar-refractivity contribution in [1.82, 2.24) is 18.9 Å². The Morgan fingerprint density at radius 1 is 1.05 bits per heavy atom. The average Bonchev–Trinajstić information content (AvgIpc) is 3.32. The zero-order valence-corrected chi connectivity index (χ0v) is 20.6. The Hall–Kier alpha value is -4.60. The van der Waals surface area contributed by atoms with Crippen LogP contribution in [0.4, 0.5) is 10.1 Å². The van der Waals surface area contributed by atoms with Gasteiger partial charge in [-0.1, -0.05) is 48.5 Å². The van der Waals surface area contributed by atoms with Gasteiger partial charge in [0.05, 0.1) is 17.7 Å². The Morgan fingerprint density at radius 3 is 2.47 bits per heavy atom. The van der Waals surface area contributed by atoms with Gasteiger partial charge in [-0.3, -0.25) is 28.7 Å². The molecule has 0 unspecified atom stereocenters. The molecule has 2 aromatic carbocycles. The van der Waals surface area contributed by atoms with Crippen LogP contribution in [-0.2, 0) is 19.5 Å². The SMILES string of the molecule is O=c1c([N+](=O)[O-])c(C=Cc2cnn(Cc3ccccc3F)c2)n(CCc2ccccc2)c(=O)n1C1CCC1. The Labute approximate surface area is 217 Å². The summed E-state index contributed by atoms with van der Waals surface area (Å²) in [4.78, 5) is 38.1. The number of rotatable bonds is 9. The molecule has 2 aromatic heterocycles. The molecule has 38 heavy (non-hydrogen) atoms. The summed E-state index contributed by atoms with van der Waals surface area (Å²) in [6.07, 6.45) is 8.79. The number of hydrogen-bond acceptors (Lipinski definition) is 5. The van der Waals surface area contributed by atoms with Gasteiger partial charge in [-0.05, 0) is 49.5 Å². The van der Waals surface area contributed by atoms with Crippen molar-refractivity contribution >= 4 is 17.8 Å². The molecule has 0 spiro atoms. The summed E-state index contributed by atoms with van der Waals surface area (Å²) in [6, 6.07) is 15.6. The number of nitrogens with zero attached hydrogens (tertiary/aromatic N) is 5. The van der Waals surface area contributed by atoms with Crippen molar-refractivity contribution in [3.05, 3.63) is 126 Å². The van der Waals surface area contributed by atoms with E-state index >= 15 is 0 Å². The lowest BCUT2D eigenvalue weighted by Crippen LogP contribution is -2.46. The zero-order valence-electron chi connectivity index (χ0n) is 20.6. The Balaban J connectivity index is 1.53. The van der Waals surface area contributed by atoms with Crippen molar-refractivity contribution < 1.29 is 9.31 Å². The first-order valence-corrected chi connectivity index (χ1v) is 12.4. The molecule has 0 N–H and O–H groups in total. The number of halogens is 1. The second-order valence-electron chi connectivity index (χ2n) is 9.32. The molecule has 5 rings (SSSR count). The molecule has 0 bridgehead atoms. The predicted molar refractivity (Wildman–Crippen MR) is 141 cm³/mol. The van der Waals surface area contributed by atoms with Crippen LogP contribution in [0.15, 0.2) is 76.6 Å². The van der Waals surface area contributed by atoms with Crippen molar-refractivity contribution in [2.45, 2.75) is 44.8 Å². The minimum absolute atomic E-state index is 0.0571. The zero-order chi connectivity index (χ0) is 26.6. The maximum absolute atomic E-state index is 14.0. The quantitative estimate of drug-likeness (QED) is 0.242. The van der Waals surface area contributed by atoms with E-state index in [-0.39, 0.29) is 30.6 Å². The van der Waals surface area contributed by atoms with Gasteiger partial charge < -0.3 is 0 Å². The molecule has 1 fully saturated rings. The number of hydrogen-bond donors (Lipinski definition) is 0. The third kappa shape index (κ3) is 5.10. The van der Waals surface area contributed by atoms with Crippen molar-refractivity contribution in [3.63, 3.8) is 0 Å². The first-order chi connectivity index (χ1) is 18.4. The van der Waals surface area contributed by atoms with Crippen molar-refractivity contribution in [1.29, 1.82) is 0 Å². The molecule has 0 saturated heterocycles. The van der Waals surface area contributed by atoms with Gasteiger partial charge in [-0.25, -0.2) is 9.18 Å². The smallest absolute Gasteiger partial charge is 0.287 e. The van der Waals surface area contributed by atoms with E-state index in [0.717, 1.165) is 16.6 Å². The maximum Gasteiger partial charge on any atom is 0.357 e. The van der Waals surface area contributed by atoms with Crippen LogP contribution < -0.4 is 11.2 Å². The first kappa shape index (κ1) is 25.1. The van der Waals surface area contributed by atoms with Crippen LogP contribution in [0.1, 0.15) is 47.7 Å². The second-order valence-corrected chi connectivity index (χ2v) is 9.32. The molecule has 4 aromatic rings. The van der Waals surface area contributed by atoms with E-state index in [1.54, 1.807) is 35.2 Å². The first-order valence-electron chi connectivity index (χ1n) is 12.4. The lowest BCUT2D eigenvalue weighted by Gasteiger charge is -2.27. The molecule has 0 atom stereocenters. The Morgan fingerprint density at radius 2 is 1.79 bits per heavy atom. The van der Waals surface area contributed by atoms with Gasteiger partial charge in [-0.2, -0.15) is 5.10 Å². The summed E-state index contributed by atoms with van der Waals surface area (Å²) < 4.78 is 17.9. The van der Waals surface area contributed by atoms with Gasteiger partial charge in [0.25, 0.3) is 0 Å². The van der Waals surface area contributed by atoms with E-state index in [9.17, 15) is 24.1 Å². The summed E-state index contributed by atoms with van der Waals surface area (Å²) in [5.41, 5.74) is -0.0885. The Bertz CT molecular complexity index is 1620. The van der Waals surface area contributed by atoms with Crippen LogP contribution in [-0.4, -0.2) is 23.8 Å². The van der Waals surface area contributed by atoms with Gasteiger partial charge in [0.15, 0.2) is 0 Å². The minimum atomic E-state index is -0.879. The highest BCUT2D eigenvalue weighted by atomic mass is 19.1. The van der Waals surface area contributed by atoms with Crippen molar-refractivity contribution in [2.75, 3.05) is 0 Å². The molecule has 1 saturated carbocycles. The number of nitro groups is 1. The molecular weight excluding hydrogens is 489 g/mol. The van der Waals surface area contributed by atoms with Gasteiger partial charge in [0, 0.05) is 29.9 Å². The van der Waals surface area contributed by atoms with Crippen LogP contribution in [0.2, 0.25) is 0 Å². The van der Waals surface area contributed by atoms with E-state index in [0.29, 0.717) is 30.4 Å². The molecule has 0 amide bonds. The summed E-state index contributed by atoms with van der Waals surface area (Å²) in [7, 11) is 0. The largest absolute Gasteiger partial charge is 0.357 e. The monoisotopic (exact) mass is 515 g/mol. The van der Waals surface area contributed by atoms with Gasteiger partial charge in [0.2, 0.25) is 0 Å². The molecule has 9 nitrogen and oxygen atoms in total. The Kier molecular flexibility index (Phi) is 7.12. The number of aromatic nitrogens is 4. The highest BCUT2D eigenvalue weighted by Crippen LogP contribution is 2.30. The molecule has 10 heteroatoms. The summed E-state index contributed by atoms with van der Waals surface area (Å²) in [5.74, 6) is -0.342. The fourth-order valence-corrected chi connectivity index (χ4v) is 4.61. The summed E-state index contributed by atoms with van der Waals surface area (Å²) in [5, 5.41) is 16.3. The lowest BCUT2D eigenvalue weighted by atomic mass is 9.93. The number of benzene rings is 2. The van der Waals surface area contributed by atoms with Crippen LogP contribution in [0.25, 0.3) is 12.2 Å². The van der Waals surface area contributed by atoms with Gasteiger partial charge in [-0.15, -0.1) is 0 Å². The van der Waals surface area contributed by atoms with E-state index < -0.39 is 21.9 Å². The molecular formula is C28H26FN5O4. The molecule has 1 aliphatic carbocycles. The highest BCUT2D eigenvalue weighted by molar-refractivity contribution is 5.71. The van der Waals surface area contributed by atoms with Crippen LogP contribution in [0.5, 0.6) is 0 Å². The molecule has 1 aliphatic rings. The van der Waals surface area contributed by atoms with E-state index in [1.165, 1.54) is 22.9 Å². The maximum atomic E-state index is 14.0. The fourth-order valence-electron chi connectivity index (χ4n) is 4.61. The standard InChI is InChI=1S/C28H26FN5O4/c29-24-12-5-4-9-22(24)19-31-18-21(17-30-31)13-14-25-26(34(37)38)27(35)33(23-10-6-11-23)28(36)32(25)16-15-20-7-2-1-3-8-20/h1-5,7-9,12-14,17-18,23H,6,10-11,15-16,19H2. The number of aryl methyl sites for hydroxylation is 1. The second kappa shape index (κ2) is 10.8. The summed E-state index contributed by atoms with van der Waals surface area (Å²) in [6.45, 7) is 0.378. The van der Waals surface area contributed by atoms with E-state index in [1.807, 2.05) is 30.3 Å². The fraction of sp³-hybridized carbons (Fsp3) is 0.250. The molecule has 2 heterocycles. The van der Waals surface area contributed by atoms with Crippen LogP contribution in [0, 0.1) is 15.9 Å². The molecule has 0 aliphatic heterocycles. The highest BCUT2D eigenvalue weighted by Gasteiger charge is 2.31. The average molecular weight is 516 g/mol. The lowest BCUT2D eigenvalue weighted by molar-refractivity contribution is -0.387.